The number of carbonyl (C=O) groups excluding carboxylic acids is 1. The number of para-hydroxylation sites is 1. The second kappa shape index (κ2) is 5.37. The lowest BCUT2D eigenvalue weighted by Crippen LogP contribution is -2.23. The van der Waals surface area contributed by atoms with Crippen LogP contribution in [0.1, 0.15) is 21.1 Å². The molecule has 0 fully saturated rings. The number of nitrogens with one attached hydrogen (secondary N) is 1. The second-order valence-electron chi connectivity index (χ2n) is 3.77. The van der Waals surface area contributed by atoms with Crippen LogP contribution in [0.25, 0.3) is 0 Å². The maximum absolute atomic E-state index is 11.9. The summed E-state index contributed by atoms with van der Waals surface area (Å²) >= 11 is 7.37. The average Bonchev–Trinajstić information content (AvgIpc) is 2.76. The zero-order chi connectivity index (χ0) is 13.1. The minimum absolute atomic E-state index is 0.247. The summed E-state index contributed by atoms with van der Waals surface area (Å²) < 4.78 is 0. The number of nitrogen functional groups attached to an aromatic ring is 1. The van der Waals surface area contributed by atoms with Gasteiger partial charge in [0.1, 0.15) is 5.01 Å². The van der Waals surface area contributed by atoms with Crippen molar-refractivity contribution in [2.45, 2.75) is 13.5 Å². The number of aryl methyl sites for hydroxylation is 1. The van der Waals surface area contributed by atoms with Gasteiger partial charge < -0.3 is 11.1 Å². The Bertz CT molecular complexity index is 582. The van der Waals surface area contributed by atoms with Gasteiger partial charge in [-0.25, -0.2) is 4.98 Å². The molecule has 1 aromatic carbocycles. The maximum Gasteiger partial charge on any atom is 0.253 e. The smallest absolute Gasteiger partial charge is 0.253 e. The predicted octanol–water partition coefficient (Wildman–Crippen LogP) is 2.62. The van der Waals surface area contributed by atoms with E-state index < -0.39 is 0 Å². The number of halogens is 1. The first-order valence-corrected chi connectivity index (χ1v) is 6.57. The number of hydrogen-bond acceptors (Lipinski definition) is 4. The van der Waals surface area contributed by atoms with Gasteiger partial charge in [-0.2, -0.15) is 0 Å². The standard InChI is InChI=1S/C12H12ClN3OS/c1-7-6-18-10(16-7)5-15-12(17)8-3-2-4-9(13)11(8)14/h2-4,6H,5,14H2,1H3,(H,15,17). The number of amides is 1. The molecule has 0 unspecified atom stereocenters. The lowest BCUT2D eigenvalue weighted by atomic mass is 10.1. The number of aromatic nitrogens is 1. The van der Waals surface area contributed by atoms with E-state index in [1.807, 2.05) is 12.3 Å². The van der Waals surface area contributed by atoms with Gasteiger partial charge >= 0.3 is 0 Å². The highest BCUT2D eigenvalue weighted by Gasteiger charge is 2.11. The summed E-state index contributed by atoms with van der Waals surface area (Å²) in [5.74, 6) is -0.247. The molecule has 0 aliphatic carbocycles. The summed E-state index contributed by atoms with van der Waals surface area (Å²) in [7, 11) is 0. The molecule has 4 nitrogen and oxygen atoms in total. The minimum atomic E-state index is -0.247. The van der Waals surface area contributed by atoms with E-state index in [1.54, 1.807) is 18.2 Å². The third kappa shape index (κ3) is 2.80. The number of carbonyl (C=O) groups is 1. The van der Waals surface area contributed by atoms with Crippen LogP contribution >= 0.6 is 22.9 Å². The van der Waals surface area contributed by atoms with Crippen molar-refractivity contribution in [1.82, 2.24) is 10.3 Å². The summed E-state index contributed by atoms with van der Waals surface area (Å²) in [5, 5.41) is 5.95. The Labute approximate surface area is 114 Å². The molecular formula is C12H12ClN3OS. The Hall–Kier alpha value is -1.59. The first-order chi connectivity index (χ1) is 8.58. The highest BCUT2D eigenvalue weighted by Crippen LogP contribution is 2.22. The van der Waals surface area contributed by atoms with E-state index in [-0.39, 0.29) is 5.91 Å². The van der Waals surface area contributed by atoms with Crippen LogP contribution in [-0.4, -0.2) is 10.9 Å². The van der Waals surface area contributed by atoms with Crippen molar-refractivity contribution in [2.24, 2.45) is 0 Å². The van der Waals surface area contributed by atoms with Gasteiger partial charge in [-0.15, -0.1) is 11.3 Å². The Morgan fingerprint density at radius 1 is 1.56 bits per heavy atom. The zero-order valence-electron chi connectivity index (χ0n) is 9.74. The number of anilines is 1. The van der Waals surface area contributed by atoms with Crippen molar-refractivity contribution in [3.05, 3.63) is 44.9 Å². The molecule has 3 N–H and O–H groups in total. The monoisotopic (exact) mass is 281 g/mol. The molecule has 0 atom stereocenters. The summed E-state index contributed by atoms with van der Waals surface area (Å²) in [5.41, 5.74) is 7.38. The SMILES string of the molecule is Cc1csc(CNC(=O)c2cccc(Cl)c2N)n1. The second-order valence-corrected chi connectivity index (χ2v) is 5.12. The quantitative estimate of drug-likeness (QED) is 0.850. The van der Waals surface area contributed by atoms with Gasteiger partial charge in [0.2, 0.25) is 0 Å². The molecule has 0 radical (unpaired) electrons. The molecule has 2 rings (SSSR count). The average molecular weight is 282 g/mol. The Morgan fingerprint density at radius 2 is 2.33 bits per heavy atom. The highest BCUT2D eigenvalue weighted by molar-refractivity contribution is 7.09. The molecule has 1 amide bonds. The molecule has 18 heavy (non-hydrogen) atoms. The molecule has 0 saturated heterocycles. The number of nitrogens with zero attached hydrogens (tertiary/aromatic N) is 1. The van der Waals surface area contributed by atoms with Crippen molar-refractivity contribution in [1.29, 1.82) is 0 Å². The molecule has 6 heteroatoms. The van der Waals surface area contributed by atoms with Crippen LogP contribution in [0, 0.1) is 6.92 Å². The normalized spacial score (nSPS) is 10.3. The number of benzene rings is 1. The zero-order valence-corrected chi connectivity index (χ0v) is 11.3. The third-order valence-electron chi connectivity index (χ3n) is 2.36. The number of thiazole rings is 1. The molecule has 1 heterocycles. The fourth-order valence-corrected chi connectivity index (χ4v) is 2.36. The molecule has 0 spiro atoms. The van der Waals surface area contributed by atoms with Gasteiger partial charge in [0.05, 0.1) is 22.8 Å². The first kappa shape index (κ1) is 12.9. The first-order valence-electron chi connectivity index (χ1n) is 5.31. The van der Waals surface area contributed by atoms with E-state index in [9.17, 15) is 4.79 Å². The Balaban J connectivity index is 2.06. The van der Waals surface area contributed by atoms with E-state index in [1.165, 1.54) is 11.3 Å². The molecule has 0 aliphatic rings. The summed E-state index contributed by atoms with van der Waals surface area (Å²) in [6.07, 6.45) is 0. The maximum atomic E-state index is 11.9. The van der Waals surface area contributed by atoms with Crippen LogP contribution in [0.3, 0.4) is 0 Å². The van der Waals surface area contributed by atoms with Gasteiger partial charge in [-0.3, -0.25) is 4.79 Å². The third-order valence-corrected chi connectivity index (χ3v) is 3.66. The Morgan fingerprint density at radius 3 is 3.00 bits per heavy atom. The van der Waals surface area contributed by atoms with E-state index >= 15 is 0 Å². The van der Waals surface area contributed by atoms with E-state index in [0.29, 0.717) is 22.8 Å². The predicted molar refractivity (Wildman–Crippen MR) is 73.9 cm³/mol. The highest BCUT2D eigenvalue weighted by atomic mass is 35.5. The van der Waals surface area contributed by atoms with Gasteiger partial charge in [0.15, 0.2) is 0 Å². The van der Waals surface area contributed by atoms with Crippen LogP contribution in [-0.2, 0) is 6.54 Å². The summed E-state index contributed by atoms with van der Waals surface area (Å²) in [6.45, 7) is 2.31. The van der Waals surface area contributed by atoms with E-state index in [2.05, 4.69) is 10.3 Å². The van der Waals surface area contributed by atoms with Gasteiger partial charge in [0, 0.05) is 11.1 Å². The fourth-order valence-electron chi connectivity index (χ4n) is 1.47. The molecule has 0 aliphatic heterocycles. The molecular weight excluding hydrogens is 270 g/mol. The molecule has 2 aromatic rings. The summed E-state index contributed by atoms with van der Waals surface area (Å²) in [4.78, 5) is 16.2. The van der Waals surface area contributed by atoms with Crippen LogP contribution < -0.4 is 11.1 Å². The minimum Gasteiger partial charge on any atom is -0.397 e. The molecule has 0 bridgehead atoms. The van der Waals surface area contributed by atoms with Crippen molar-refractivity contribution < 1.29 is 4.79 Å². The van der Waals surface area contributed by atoms with Gasteiger partial charge in [-0.05, 0) is 19.1 Å². The fraction of sp³-hybridized carbons (Fsp3) is 0.167. The van der Waals surface area contributed by atoms with Crippen molar-refractivity contribution in [2.75, 3.05) is 5.73 Å². The lowest BCUT2D eigenvalue weighted by molar-refractivity contribution is 0.0951. The number of rotatable bonds is 3. The molecule has 94 valence electrons. The Kier molecular flexibility index (Phi) is 3.84. The van der Waals surface area contributed by atoms with E-state index in [4.69, 9.17) is 17.3 Å². The topological polar surface area (TPSA) is 68.0 Å². The van der Waals surface area contributed by atoms with Crippen LogP contribution in [0.4, 0.5) is 5.69 Å². The van der Waals surface area contributed by atoms with E-state index in [0.717, 1.165) is 10.7 Å². The molecule has 0 saturated carbocycles. The van der Waals surface area contributed by atoms with Crippen molar-refractivity contribution >= 4 is 34.5 Å². The number of hydrogen-bond donors (Lipinski definition) is 2. The van der Waals surface area contributed by atoms with Crippen molar-refractivity contribution in [3.8, 4) is 0 Å². The van der Waals surface area contributed by atoms with Crippen LogP contribution in [0.2, 0.25) is 5.02 Å². The van der Waals surface area contributed by atoms with Gasteiger partial charge in [-0.1, -0.05) is 17.7 Å². The van der Waals surface area contributed by atoms with Gasteiger partial charge in [0.25, 0.3) is 5.91 Å². The number of nitrogens with two attached hydrogens (primary N) is 1. The summed E-state index contributed by atoms with van der Waals surface area (Å²) in [6, 6.07) is 4.99. The van der Waals surface area contributed by atoms with Crippen LogP contribution in [0.15, 0.2) is 23.6 Å². The van der Waals surface area contributed by atoms with Crippen LogP contribution in [0.5, 0.6) is 0 Å². The lowest BCUT2D eigenvalue weighted by Gasteiger charge is -2.07. The molecule has 1 aromatic heterocycles. The largest absolute Gasteiger partial charge is 0.397 e. The van der Waals surface area contributed by atoms with Crippen molar-refractivity contribution in [3.63, 3.8) is 0 Å².